The van der Waals surface area contributed by atoms with Gasteiger partial charge in [-0.3, -0.25) is 0 Å². The van der Waals surface area contributed by atoms with Gasteiger partial charge in [0.05, 0.1) is 0 Å². The molecule has 0 bridgehead atoms. The van der Waals surface area contributed by atoms with E-state index in [1.165, 1.54) is 37.5 Å². The van der Waals surface area contributed by atoms with Gasteiger partial charge in [-0.25, -0.2) is 0 Å². The van der Waals surface area contributed by atoms with Crippen molar-refractivity contribution < 1.29 is 0 Å². The van der Waals surface area contributed by atoms with E-state index in [4.69, 9.17) is 0 Å². The first kappa shape index (κ1) is 12.8. The van der Waals surface area contributed by atoms with Gasteiger partial charge in [-0.05, 0) is 55.9 Å². The summed E-state index contributed by atoms with van der Waals surface area (Å²) in [6, 6.07) is 19.7. The molecule has 1 atom stereocenters. The van der Waals surface area contributed by atoms with Crippen molar-refractivity contribution in [2.75, 3.05) is 0 Å². The Morgan fingerprint density at radius 3 is 2.57 bits per heavy atom. The number of benzene rings is 3. The van der Waals surface area contributed by atoms with Crippen LogP contribution in [0, 0.1) is 6.92 Å². The van der Waals surface area contributed by atoms with E-state index in [1.54, 1.807) is 0 Å². The summed E-state index contributed by atoms with van der Waals surface area (Å²) in [5.74, 6) is 0.350. The van der Waals surface area contributed by atoms with Crippen LogP contribution in [0.25, 0.3) is 16.8 Å². The topological polar surface area (TPSA) is 0 Å². The molecule has 0 radical (unpaired) electrons. The Morgan fingerprint density at radius 2 is 1.67 bits per heavy atom. The van der Waals surface area contributed by atoms with Gasteiger partial charge in [0, 0.05) is 10.4 Å². The van der Waals surface area contributed by atoms with Gasteiger partial charge in [0.25, 0.3) is 0 Å². The highest BCUT2D eigenvalue weighted by Crippen LogP contribution is 2.41. The van der Waals surface area contributed by atoms with Crippen LogP contribution in [0.4, 0.5) is 0 Å². The zero-order valence-corrected chi connectivity index (χ0v) is 13.4. The predicted molar refractivity (Wildman–Crippen MR) is 93.7 cm³/mol. The maximum Gasteiger partial charge on any atom is 0.0285 e. The van der Waals surface area contributed by atoms with Gasteiger partial charge in [-0.1, -0.05) is 66.7 Å². The van der Waals surface area contributed by atoms with Gasteiger partial charge in [-0.2, -0.15) is 0 Å². The third-order valence-corrected chi connectivity index (χ3v) is 5.41. The van der Waals surface area contributed by atoms with Crippen molar-refractivity contribution in [3.63, 3.8) is 0 Å². The lowest BCUT2D eigenvalue weighted by Gasteiger charge is -2.15. The van der Waals surface area contributed by atoms with Crippen LogP contribution in [0.5, 0.6) is 0 Å². The molecule has 0 aromatic heterocycles. The first-order valence-electron chi connectivity index (χ1n) is 7.20. The standard InChI is InChI=1S/C20H15Br/c1-13-9-10-18-17(11-12-19(18)20(13)21)16-8-4-6-14-5-2-3-7-15(14)16/h2-12,17H,1H3. The summed E-state index contributed by atoms with van der Waals surface area (Å²) in [6.45, 7) is 2.14. The molecule has 0 N–H and O–H groups in total. The molecule has 1 heteroatoms. The number of hydrogen-bond donors (Lipinski definition) is 0. The summed E-state index contributed by atoms with van der Waals surface area (Å²) in [6.07, 6.45) is 4.56. The summed E-state index contributed by atoms with van der Waals surface area (Å²) in [4.78, 5) is 0. The minimum Gasteiger partial charge on any atom is -0.0720 e. The molecule has 3 aromatic rings. The van der Waals surface area contributed by atoms with Crippen molar-refractivity contribution in [1.82, 2.24) is 0 Å². The molecule has 4 rings (SSSR count). The molecule has 0 saturated carbocycles. The zero-order chi connectivity index (χ0) is 14.4. The number of fused-ring (bicyclic) bond motifs is 2. The Morgan fingerprint density at radius 1 is 0.857 bits per heavy atom. The Labute approximate surface area is 133 Å². The molecule has 0 spiro atoms. The molecule has 102 valence electrons. The van der Waals surface area contributed by atoms with Crippen molar-refractivity contribution in [3.05, 3.63) is 87.4 Å². The van der Waals surface area contributed by atoms with E-state index in [9.17, 15) is 0 Å². The minimum atomic E-state index is 0.350. The van der Waals surface area contributed by atoms with Crippen molar-refractivity contribution in [2.24, 2.45) is 0 Å². The maximum atomic E-state index is 3.73. The molecule has 0 nitrogen and oxygen atoms in total. The Balaban J connectivity index is 1.94. The van der Waals surface area contributed by atoms with Crippen LogP contribution >= 0.6 is 15.9 Å². The average Bonchev–Trinajstić information content (AvgIpc) is 2.95. The fraction of sp³-hybridized carbons (Fsp3) is 0.100. The molecule has 0 fully saturated rings. The van der Waals surface area contributed by atoms with E-state index in [2.05, 4.69) is 89.6 Å². The van der Waals surface area contributed by atoms with Gasteiger partial charge in [-0.15, -0.1) is 0 Å². The number of aryl methyl sites for hydroxylation is 1. The highest BCUT2D eigenvalue weighted by atomic mass is 79.9. The van der Waals surface area contributed by atoms with Crippen LogP contribution in [-0.4, -0.2) is 0 Å². The lowest BCUT2D eigenvalue weighted by atomic mass is 9.89. The molecular weight excluding hydrogens is 320 g/mol. The van der Waals surface area contributed by atoms with Crippen LogP contribution in [0.3, 0.4) is 0 Å². The monoisotopic (exact) mass is 334 g/mol. The molecule has 1 aliphatic rings. The lowest BCUT2D eigenvalue weighted by molar-refractivity contribution is 1.06. The van der Waals surface area contributed by atoms with E-state index in [1.807, 2.05) is 0 Å². The smallest absolute Gasteiger partial charge is 0.0285 e. The first-order valence-corrected chi connectivity index (χ1v) is 8.00. The summed E-state index contributed by atoms with van der Waals surface area (Å²) >= 11 is 3.73. The van der Waals surface area contributed by atoms with Crippen LogP contribution in [-0.2, 0) is 0 Å². The molecule has 0 heterocycles. The van der Waals surface area contributed by atoms with E-state index < -0.39 is 0 Å². The maximum absolute atomic E-state index is 3.73. The third-order valence-electron chi connectivity index (χ3n) is 4.36. The summed E-state index contributed by atoms with van der Waals surface area (Å²) < 4.78 is 1.22. The van der Waals surface area contributed by atoms with Crippen molar-refractivity contribution in [1.29, 1.82) is 0 Å². The minimum absolute atomic E-state index is 0.350. The number of allylic oxidation sites excluding steroid dienone is 1. The van der Waals surface area contributed by atoms with Crippen LogP contribution in [0.15, 0.2) is 65.1 Å². The van der Waals surface area contributed by atoms with Crippen molar-refractivity contribution >= 4 is 32.8 Å². The molecule has 0 amide bonds. The summed E-state index contributed by atoms with van der Waals surface area (Å²) in [5, 5.41) is 2.65. The average molecular weight is 335 g/mol. The molecule has 1 unspecified atom stereocenters. The predicted octanol–water partition coefficient (Wildman–Crippen LogP) is 6.07. The highest BCUT2D eigenvalue weighted by molar-refractivity contribution is 9.10. The lowest BCUT2D eigenvalue weighted by Crippen LogP contribution is -1.98. The SMILES string of the molecule is Cc1ccc2c(c1Br)C=CC2c1cccc2ccccc12. The number of halogens is 1. The van der Waals surface area contributed by atoms with Crippen LogP contribution in [0.2, 0.25) is 0 Å². The largest absolute Gasteiger partial charge is 0.0720 e. The van der Waals surface area contributed by atoms with Crippen LogP contribution < -0.4 is 0 Å². The molecule has 3 aromatic carbocycles. The van der Waals surface area contributed by atoms with E-state index >= 15 is 0 Å². The third kappa shape index (κ3) is 1.96. The zero-order valence-electron chi connectivity index (χ0n) is 11.8. The molecular formula is C20H15Br. The quantitative estimate of drug-likeness (QED) is 0.506. The molecule has 21 heavy (non-hydrogen) atoms. The highest BCUT2D eigenvalue weighted by Gasteiger charge is 2.22. The van der Waals surface area contributed by atoms with Gasteiger partial charge in [0.2, 0.25) is 0 Å². The van der Waals surface area contributed by atoms with Crippen molar-refractivity contribution in [3.8, 4) is 0 Å². The fourth-order valence-corrected chi connectivity index (χ4v) is 3.74. The molecule has 0 saturated heterocycles. The first-order chi connectivity index (χ1) is 10.3. The Kier molecular flexibility index (Phi) is 2.97. The van der Waals surface area contributed by atoms with Crippen molar-refractivity contribution in [2.45, 2.75) is 12.8 Å². The summed E-state index contributed by atoms with van der Waals surface area (Å²) in [5.41, 5.74) is 5.40. The second kappa shape index (κ2) is 4.85. The number of rotatable bonds is 1. The second-order valence-electron chi connectivity index (χ2n) is 5.60. The summed E-state index contributed by atoms with van der Waals surface area (Å²) in [7, 11) is 0. The van der Waals surface area contributed by atoms with Crippen LogP contribution in [0.1, 0.15) is 28.2 Å². The van der Waals surface area contributed by atoms with Gasteiger partial charge < -0.3 is 0 Å². The Hall–Kier alpha value is -1.86. The Bertz CT molecular complexity index is 869. The van der Waals surface area contributed by atoms with Gasteiger partial charge in [0.15, 0.2) is 0 Å². The number of hydrogen-bond acceptors (Lipinski definition) is 0. The van der Waals surface area contributed by atoms with Gasteiger partial charge >= 0.3 is 0 Å². The van der Waals surface area contributed by atoms with E-state index in [0.717, 1.165) is 0 Å². The molecule has 0 aliphatic heterocycles. The molecule has 1 aliphatic carbocycles. The van der Waals surface area contributed by atoms with E-state index in [0.29, 0.717) is 5.92 Å². The second-order valence-corrected chi connectivity index (χ2v) is 6.40. The van der Waals surface area contributed by atoms with Gasteiger partial charge in [0.1, 0.15) is 0 Å². The van der Waals surface area contributed by atoms with E-state index in [-0.39, 0.29) is 0 Å². The fourth-order valence-electron chi connectivity index (χ4n) is 3.25. The normalized spacial score (nSPS) is 16.4.